The minimum absolute atomic E-state index is 0.194. The number of hydrogen-bond acceptors (Lipinski definition) is 7. The van der Waals surface area contributed by atoms with Gasteiger partial charge in [-0.1, -0.05) is 39.0 Å². The molecule has 1 rings (SSSR count). The molecule has 2 atom stereocenters. The summed E-state index contributed by atoms with van der Waals surface area (Å²) < 4.78 is 11.4. The van der Waals surface area contributed by atoms with E-state index in [1.807, 2.05) is 13.8 Å². The zero-order valence-electron chi connectivity index (χ0n) is 17.3. The summed E-state index contributed by atoms with van der Waals surface area (Å²) in [6.45, 7) is 10.8. The maximum atomic E-state index is 12.5. The van der Waals surface area contributed by atoms with Crippen LogP contribution in [0.25, 0.3) is 0 Å². The van der Waals surface area contributed by atoms with Crippen LogP contribution >= 0.6 is 11.8 Å². The first-order chi connectivity index (χ1) is 12.6. The molecule has 3 N–H and O–H groups in total. The van der Waals surface area contributed by atoms with Crippen LogP contribution in [-0.2, 0) is 19.1 Å². The Morgan fingerprint density at radius 2 is 1.96 bits per heavy atom. The van der Waals surface area contributed by atoms with Gasteiger partial charge in [0.2, 0.25) is 5.91 Å². The number of aliphatic hydroxyl groups is 1. The fraction of sp³-hybridized carbons (Fsp3) is 0.895. The van der Waals surface area contributed by atoms with E-state index in [2.05, 4.69) is 17.6 Å². The molecule has 158 valence electrons. The number of rotatable bonds is 11. The average molecular weight is 405 g/mol. The number of nitrogens with one attached hydrogen (secondary N) is 2. The molecule has 0 aromatic rings. The fourth-order valence-electron chi connectivity index (χ4n) is 2.63. The highest BCUT2D eigenvalue weighted by Crippen LogP contribution is 2.34. The first-order valence-electron chi connectivity index (χ1n) is 9.74. The van der Waals surface area contributed by atoms with Gasteiger partial charge in [0.25, 0.3) is 0 Å². The molecule has 0 aliphatic carbocycles. The maximum absolute atomic E-state index is 12.5. The number of amides is 1. The molecule has 0 aromatic heterocycles. The minimum atomic E-state index is -0.787. The molecule has 0 bridgehead atoms. The van der Waals surface area contributed by atoms with E-state index >= 15 is 0 Å². The van der Waals surface area contributed by atoms with Crippen LogP contribution in [-0.4, -0.2) is 59.7 Å². The normalized spacial score (nSPS) is 22.2. The second-order valence-corrected chi connectivity index (χ2v) is 9.20. The summed E-state index contributed by atoms with van der Waals surface area (Å²) in [6, 6.07) is 0. The molecular weight excluding hydrogens is 368 g/mol. The Hall–Kier alpha value is -0.670. The molecule has 1 amide bonds. The monoisotopic (exact) mass is 404 g/mol. The van der Waals surface area contributed by atoms with Crippen LogP contribution in [0.5, 0.6) is 0 Å². The van der Waals surface area contributed by atoms with Gasteiger partial charge < -0.3 is 19.9 Å². The number of unbranched alkanes of at least 4 members (excludes halogenated alkanes) is 1. The van der Waals surface area contributed by atoms with Crippen molar-refractivity contribution in [1.82, 2.24) is 10.6 Å². The van der Waals surface area contributed by atoms with Crippen LogP contribution in [0.3, 0.4) is 0 Å². The van der Waals surface area contributed by atoms with Crippen molar-refractivity contribution in [2.24, 2.45) is 5.41 Å². The Balaban J connectivity index is 2.22. The fourth-order valence-corrected chi connectivity index (χ4v) is 3.37. The summed E-state index contributed by atoms with van der Waals surface area (Å²) in [5.41, 5.74) is -0.419. The molecule has 1 aliphatic rings. The molecule has 0 aromatic carbocycles. The van der Waals surface area contributed by atoms with Gasteiger partial charge in [-0.25, -0.2) is 0 Å². The summed E-state index contributed by atoms with van der Waals surface area (Å²) in [7, 11) is 0. The third kappa shape index (κ3) is 9.38. The molecule has 0 radical (unpaired) electrons. The molecule has 0 spiro atoms. The molecule has 1 fully saturated rings. The van der Waals surface area contributed by atoms with E-state index in [1.54, 1.807) is 13.8 Å². The molecule has 1 saturated heterocycles. The number of aliphatic hydroxyl groups excluding tert-OH is 1. The van der Waals surface area contributed by atoms with Crippen LogP contribution in [0.4, 0.5) is 0 Å². The van der Waals surface area contributed by atoms with E-state index in [1.165, 1.54) is 11.8 Å². The second kappa shape index (κ2) is 11.4. The SMILES string of the molecule is CCCCC(=O)SCCNC(O)CCNC(=O)C1OC(C)(C)OCC1(C)C. The Morgan fingerprint density at radius 3 is 2.63 bits per heavy atom. The van der Waals surface area contributed by atoms with Crippen LogP contribution < -0.4 is 10.6 Å². The van der Waals surface area contributed by atoms with E-state index in [4.69, 9.17) is 9.47 Å². The third-order valence-electron chi connectivity index (χ3n) is 4.34. The van der Waals surface area contributed by atoms with Crippen molar-refractivity contribution in [2.45, 2.75) is 78.4 Å². The first kappa shape index (κ1) is 24.4. The van der Waals surface area contributed by atoms with Gasteiger partial charge in [-0.05, 0) is 20.3 Å². The molecule has 1 aliphatic heterocycles. The lowest BCUT2D eigenvalue weighted by Gasteiger charge is -2.44. The highest BCUT2D eigenvalue weighted by molar-refractivity contribution is 8.13. The summed E-state index contributed by atoms with van der Waals surface area (Å²) in [6.07, 6.45) is 1.60. The Bertz CT molecular complexity index is 485. The first-order valence-corrected chi connectivity index (χ1v) is 10.7. The zero-order valence-corrected chi connectivity index (χ0v) is 18.1. The van der Waals surface area contributed by atoms with E-state index in [0.717, 1.165) is 12.8 Å². The summed E-state index contributed by atoms with van der Waals surface area (Å²) in [5, 5.41) is 15.9. The summed E-state index contributed by atoms with van der Waals surface area (Å²) in [5.74, 6) is -0.351. The van der Waals surface area contributed by atoms with Crippen molar-refractivity contribution in [2.75, 3.05) is 25.4 Å². The number of ether oxygens (including phenoxy) is 2. The van der Waals surface area contributed by atoms with Gasteiger partial charge in [0.05, 0.1) is 6.61 Å². The minimum Gasteiger partial charge on any atom is -0.379 e. The van der Waals surface area contributed by atoms with Gasteiger partial charge in [0.15, 0.2) is 10.9 Å². The predicted octanol–water partition coefficient (Wildman–Crippen LogP) is 2.03. The maximum Gasteiger partial charge on any atom is 0.249 e. The number of hydrogen-bond donors (Lipinski definition) is 3. The lowest BCUT2D eigenvalue weighted by molar-refractivity contribution is -0.304. The number of thioether (sulfide) groups is 1. The average Bonchev–Trinajstić information content (AvgIpc) is 2.59. The molecular formula is C19H36N2O5S. The number of carbonyl (C=O) groups is 2. The molecule has 7 nitrogen and oxygen atoms in total. The van der Waals surface area contributed by atoms with Crippen molar-refractivity contribution in [1.29, 1.82) is 0 Å². The van der Waals surface area contributed by atoms with Gasteiger partial charge in [0.1, 0.15) is 12.3 Å². The molecule has 1 heterocycles. The quantitative estimate of drug-likeness (QED) is 0.358. The van der Waals surface area contributed by atoms with Crippen molar-refractivity contribution >= 4 is 22.8 Å². The Morgan fingerprint density at radius 1 is 1.26 bits per heavy atom. The lowest BCUT2D eigenvalue weighted by atomic mass is 9.85. The standard InChI is InChI=1S/C19H36N2O5S/c1-6-7-8-15(23)27-12-11-20-14(22)9-10-21-17(24)16-18(2,3)13-25-19(4,5)26-16/h14,16,20,22H,6-13H2,1-5H3,(H,21,24). The summed E-state index contributed by atoms with van der Waals surface area (Å²) in [4.78, 5) is 24.0. The second-order valence-electron chi connectivity index (χ2n) is 8.05. The summed E-state index contributed by atoms with van der Waals surface area (Å²) >= 11 is 1.29. The lowest BCUT2D eigenvalue weighted by Crippen LogP contribution is -2.56. The van der Waals surface area contributed by atoms with E-state index < -0.39 is 23.5 Å². The number of carbonyl (C=O) groups excluding carboxylic acids is 2. The van der Waals surface area contributed by atoms with E-state index in [0.29, 0.717) is 38.3 Å². The highest BCUT2D eigenvalue weighted by Gasteiger charge is 2.45. The van der Waals surface area contributed by atoms with Gasteiger partial charge in [-0.15, -0.1) is 0 Å². The van der Waals surface area contributed by atoms with Crippen LogP contribution in [0, 0.1) is 5.41 Å². The van der Waals surface area contributed by atoms with Gasteiger partial charge in [-0.2, -0.15) is 0 Å². The van der Waals surface area contributed by atoms with Crippen molar-refractivity contribution < 1.29 is 24.2 Å². The van der Waals surface area contributed by atoms with Gasteiger partial charge in [-0.3, -0.25) is 14.9 Å². The van der Waals surface area contributed by atoms with Crippen LogP contribution in [0.15, 0.2) is 0 Å². The van der Waals surface area contributed by atoms with Crippen molar-refractivity contribution in [3.05, 3.63) is 0 Å². The topological polar surface area (TPSA) is 96.9 Å². The molecule has 8 heteroatoms. The van der Waals surface area contributed by atoms with Crippen molar-refractivity contribution in [3.63, 3.8) is 0 Å². The van der Waals surface area contributed by atoms with Crippen LogP contribution in [0.1, 0.15) is 60.3 Å². The predicted molar refractivity (Wildman–Crippen MR) is 107 cm³/mol. The van der Waals surface area contributed by atoms with E-state index in [9.17, 15) is 14.7 Å². The molecule has 2 unspecified atom stereocenters. The van der Waals surface area contributed by atoms with Gasteiger partial charge >= 0.3 is 0 Å². The highest BCUT2D eigenvalue weighted by atomic mass is 32.2. The third-order valence-corrected chi connectivity index (χ3v) is 5.27. The Labute approximate surface area is 167 Å². The largest absolute Gasteiger partial charge is 0.379 e. The Kier molecular flexibility index (Phi) is 10.3. The molecule has 27 heavy (non-hydrogen) atoms. The van der Waals surface area contributed by atoms with E-state index in [-0.39, 0.29) is 11.0 Å². The zero-order chi connectivity index (χ0) is 20.5. The van der Waals surface area contributed by atoms with Crippen LogP contribution in [0.2, 0.25) is 0 Å². The van der Waals surface area contributed by atoms with Crippen molar-refractivity contribution in [3.8, 4) is 0 Å². The van der Waals surface area contributed by atoms with Gasteiger partial charge in [0, 0.05) is 37.1 Å². The molecule has 0 saturated carbocycles. The smallest absolute Gasteiger partial charge is 0.249 e.